The van der Waals surface area contributed by atoms with E-state index in [1.165, 1.54) is 5.57 Å². The van der Waals surface area contributed by atoms with Gasteiger partial charge >= 0.3 is 5.97 Å². The van der Waals surface area contributed by atoms with E-state index in [1.54, 1.807) is 6.92 Å². The first-order valence-electron chi connectivity index (χ1n) is 6.57. The van der Waals surface area contributed by atoms with Crippen molar-refractivity contribution >= 4 is 12.3 Å². The molecule has 0 fully saturated rings. The second-order valence-corrected chi connectivity index (χ2v) is 4.68. The highest BCUT2D eigenvalue weighted by atomic mass is 16.4. The summed E-state index contributed by atoms with van der Waals surface area (Å²) >= 11 is 0. The zero-order valence-corrected chi connectivity index (χ0v) is 11.2. The third-order valence-corrected chi connectivity index (χ3v) is 3.03. The first-order valence-corrected chi connectivity index (χ1v) is 6.57. The van der Waals surface area contributed by atoms with Crippen LogP contribution in [0.3, 0.4) is 0 Å². The summed E-state index contributed by atoms with van der Waals surface area (Å²) in [6, 6.07) is -1.11. The summed E-state index contributed by atoms with van der Waals surface area (Å²) in [4.78, 5) is 21.7. The van der Waals surface area contributed by atoms with E-state index >= 15 is 0 Å². The smallest absolute Gasteiger partial charge is 0.320 e. The molecule has 0 aliphatic heterocycles. The number of nitrogens with one attached hydrogen (secondary N) is 1. The molecule has 0 radical (unpaired) electrons. The third-order valence-electron chi connectivity index (χ3n) is 3.03. The van der Waals surface area contributed by atoms with Crippen molar-refractivity contribution in [1.82, 2.24) is 5.32 Å². The molecule has 0 heterocycles. The first-order chi connectivity index (χ1) is 9.13. The van der Waals surface area contributed by atoms with Gasteiger partial charge < -0.3 is 9.90 Å². The van der Waals surface area contributed by atoms with Crippen molar-refractivity contribution in [3.63, 3.8) is 0 Å². The van der Waals surface area contributed by atoms with Crippen LogP contribution in [0.25, 0.3) is 0 Å². The Balaban J connectivity index is 2.51. The van der Waals surface area contributed by atoms with Crippen LogP contribution in [0, 0.1) is 0 Å². The number of aldehydes is 1. The molecular weight excluding hydrogens is 242 g/mol. The molecule has 2 N–H and O–H groups in total. The van der Waals surface area contributed by atoms with Gasteiger partial charge in [0.05, 0.1) is 6.04 Å². The van der Waals surface area contributed by atoms with Crippen LogP contribution >= 0.6 is 0 Å². The van der Waals surface area contributed by atoms with Crippen LogP contribution < -0.4 is 5.32 Å². The van der Waals surface area contributed by atoms with Gasteiger partial charge in [-0.2, -0.15) is 0 Å². The number of carboxylic acids is 1. The number of hydrogen-bond donors (Lipinski definition) is 2. The molecule has 0 aromatic heterocycles. The Morgan fingerprint density at radius 2 is 2.21 bits per heavy atom. The number of aliphatic carboxylic acids is 1. The van der Waals surface area contributed by atoms with E-state index in [2.05, 4.69) is 23.5 Å². The minimum absolute atomic E-state index is 0.435. The van der Waals surface area contributed by atoms with E-state index in [0.29, 0.717) is 6.42 Å². The van der Waals surface area contributed by atoms with Crippen LogP contribution in [0.1, 0.15) is 32.6 Å². The number of carboxylic acid groups (broad SMARTS) is 1. The fourth-order valence-electron chi connectivity index (χ4n) is 1.94. The van der Waals surface area contributed by atoms with E-state index < -0.39 is 18.1 Å². The lowest BCUT2D eigenvalue weighted by Gasteiger charge is -2.17. The number of hydrogen-bond acceptors (Lipinski definition) is 3. The van der Waals surface area contributed by atoms with Gasteiger partial charge in [0.1, 0.15) is 12.3 Å². The van der Waals surface area contributed by atoms with E-state index in [0.717, 1.165) is 25.5 Å². The molecule has 19 heavy (non-hydrogen) atoms. The van der Waals surface area contributed by atoms with Crippen LogP contribution in [-0.2, 0) is 9.59 Å². The Kier molecular flexibility index (Phi) is 6.82. The SMILES string of the molecule is CC(C=O)NC(CC/C1=C/C/C=C\C=CC1)C(=O)O. The Morgan fingerprint density at radius 1 is 1.47 bits per heavy atom. The van der Waals surface area contributed by atoms with Gasteiger partial charge in [-0.05, 0) is 32.6 Å². The quantitative estimate of drug-likeness (QED) is 0.546. The van der Waals surface area contributed by atoms with E-state index in [1.807, 2.05) is 12.2 Å². The molecular formula is C15H21NO3. The standard InChI is InChI=1S/C15H21NO3/c1-12(11-17)16-14(15(18)19)10-9-13-7-5-3-2-4-6-8-13/h2-5,8,11-12,14,16H,6-7,9-10H2,1H3,(H,18,19)/b4-2-,5-3?,13-8+. The van der Waals surface area contributed by atoms with Crippen LogP contribution in [0.4, 0.5) is 0 Å². The van der Waals surface area contributed by atoms with Gasteiger partial charge in [0.2, 0.25) is 0 Å². The van der Waals surface area contributed by atoms with Crippen molar-refractivity contribution in [3.05, 3.63) is 36.0 Å². The second-order valence-electron chi connectivity index (χ2n) is 4.68. The predicted octanol–water partition coefficient (Wildman–Crippen LogP) is 2.23. The van der Waals surface area contributed by atoms with Gasteiger partial charge in [-0.3, -0.25) is 10.1 Å². The largest absolute Gasteiger partial charge is 0.480 e. The average Bonchev–Trinajstić information content (AvgIpc) is 2.35. The fourth-order valence-corrected chi connectivity index (χ4v) is 1.94. The van der Waals surface area contributed by atoms with Crippen molar-refractivity contribution in [2.75, 3.05) is 0 Å². The van der Waals surface area contributed by atoms with Crippen molar-refractivity contribution in [2.45, 2.75) is 44.7 Å². The van der Waals surface area contributed by atoms with Crippen molar-refractivity contribution < 1.29 is 14.7 Å². The number of carbonyl (C=O) groups is 2. The highest BCUT2D eigenvalue weighted by Crippen LogP contribution is 2.15. The molecule has 0 saturated carbocycles. The maximum absolute atomic E-state index is 11.1. The average molecular weight is 263 g/mol. The van der Waals surface area contributed by atoms with Crippen LogP contribution in [0.5, 0.6) is 0 Å². The predicted molar refractivity (Wildman–Crippen MR) is 74.9 cm³/mol. The van der Waals surface area contributed by atoms with E-state index in [9.17, 15) is 9.59 Å². The summed E-state index contributed by atoms with van der Waals surface area (Å²) in [7, 11) is 0. The third kappa shape index (κ3) is 6.15. The van der Waals surface area contributed by atoms with Crippen molar-refractivity contribution in [3.8, 4) is 0 Å². The molecule has 0 spiro atoms. The first kappa shape index (κ1) is 15.4. The minimum Gasteiger partial charge on any atom is -0.480 e. The molecule has 0 aromatic rings. The van der Waals surface area contributed by atoms with Crippen molar-refractivity contribution in [2.24, 2.45) is 0 Å². The normalized spacial score (nSPS) is 22.5. The molecule has 0 bridgehead atoms. The Bertz CT molecular complexity index is 396. The fraction of sp³-hybridized carbons (Fsp3) is 0.467. The maximum Gasteiger partial charge on any atom is 0.320 e. The van der Waals surface area contributed by atoms with Gasteiger partial charge in [-0.15, -0.1) is 0 Å². The molecule has 2 unspecified atom stereocenters. The lowest BCUT2D eigenvalue weighted by molar-refractivity contribution is -0.139. The van der Waals surface area contributed by atoms with Crippen LogP contribution in [-0.4, -0.2) is 29.4 Å². The zero-order valence-electron chi connectivity index (χ0n) is 11.2. The molecule has 1 aliphatic carbocycles. The van der Waals surface area contributed by atoms with Crippen molar-refractivity contribution in [1.29, 1.82) is 0 Å². The number of rotatable bonds is 7. The Labute approximate surface area is 113 Å². The van der Waals surface area contributed by atoms with Gasteiger partial charge in [-0.1, -0.05) is 36.0 Å². The highest BCUT2D eigenvalue weighted by molar-refractivity contribution is 5.74. The summed E-state index contributed by atoms with van der Waals surface area (Å²) in [6.07, 6.45) is 14.0. The van der Waals surface area contributed by atoms with Crippen LogP contribution in [0.15, 0.2) is 36.0 Å². The highest BCUT2D eigenvalue weighted by Gasteiger charge is 2.19. The molecule has 0 aromatic carbocycles. The maximum atomic E-state index is 11.1. The van der Waals surface area contributed by atoms with Gasteiger partial charge in [0.15, 0.2) is 0 Å². The second kappa shape index (κ2) is 8.43. The van der Waals surface area contributed by atoms with Gasteiger partial charge in [-0.25, -0.2) is 0 Å². The number of allylic oxidation sites excluding steroid dienone is 6. The molecule has 0 amide bonds. The topological polar surface area (TPSA) is 66.4 Å². The lowest BCUT2D eigenvalue weighted by Crippen LogP contribution is -2.42. The molecule has 104 valence electrons. The number of carbonyl (C=O) groups excluding carboxylic acids is 1. The molecule has 1 aliphatic rings. The minimum atomic E-state index is -0.907. The summed E-state index contributed by atoms with van der Waals surface area (Å²) in [5, 5.41) is 11.9. The van der Waals surface area contributed by atoms with Gasteiger partial charge in [0, 0.05) is 0 Å². The Hall–Kier alpha value is -1.68. The van der Waals surface area contributed by atoms with Gasteiger partial charge in [0.25, 0.3) is 0 Å². The lowest BCUT2D eigenvalue weighted by atomic mass is 10.00. The summed E-state index contributed by atoms with van der Waals surface area (Å²) in [5.74, 6) is -0.907. The summed E-state index contributed by atoms with van der Waals surface area (Å²) in [5.41, 5.74) is 1.24. The molecule has 1 rings (SSSR count). The van der Waals surface area contributed by atoms with E-state index in [4.69, 9.17) is 5.11 Å². The molecule has 4 heteroatoms. The zero-order chi connectivity index (χ0) is 14.1. The molecule has 0 saturated heterocycles. The monoisotopic (exact) mass is 263 g/mol. The molecule has 2 atom stereocenters. The van der Waals surface area contributed by atoms with Crippen LogP contribution in [0.2, 0.25) is 0 Å². The molecule has 4 nitrogen and oxygen atoms in total. The summed E-state index contributed by atoms with van der Waals surface area (Å²) in [6.45, 7) is 1.66. The Morgan fingerprint density at radius 3 is 2.89 bits per heavy atom. The summed E-state index contributed by atoms with van der Waals surface area (Å²) < 4.78 is 0. The van der Waals surface area contributed by atoms with E-state index in [-0.39, 0.29) is 0 Å².